The van der Waals surface area contributed by atoms with Gasteiger partial charge in [0.05, 0.1) is 29.3 Å². The van der Waals surface area contributed by atoms with E-state index >= 15 is 0 Å². The summed E-state index contributed by atoms with van der Waals surface area (Å²) in [5, 5.41) is 2.47. The zero-order chi connectivity index (χ0) is 25.9. The first kappa shape index (κ1) is 25.3. The van der Waals surface area contributed by atoms with Crippen molar-refractivity contribution in [1.29, 1.82) is 0 Å². The summed E-state index contributed by atoms with van der Waals surface area (Å²) >= 11 is 6.13. The molecule has 1 amide bonds. The number of anilines is 1. The van der Waals surface area contributed by atoms with E-state index in [4.69, 9.17) is 20.8 Å². The Labute approximate surface area is 212 Å². The third kappa shape index (κ3) is 5.09. The quantitative estimate of drug-likeness (QED) is 0.239. The van der Waals surface area contributed by atoms with E-state index in [-0.39, 0.29) is 27.9 Å². The summed E-state index contributed by atoms with van der Waals surface area (Å²) in [4.78, 5) is 34.2. The molecule has 0 unspecified atom stereocenters. The molecule has 186 valence electrons. The van der Waals surface area contributed by atoms with E-state index in [0.29, 0.717) is 35.3 Å². The molecule has 0 fully saturated rings. The number of amides is 1. The molecule has 0 aliphatic carbocycles. The number of ketones is 1. The van der Waals surface area contributed by atoms with E-state index < -0.39 is 26.7 Å². The number of hydrogen-bond donors (Lipinski definition) is 1. The predicted octanol–water partition coefficient (Wildman–Crippen LogP) is 4.94. The normalized spacial score (nSPS) is 11.4. The van der Waals surface area contributed by atoms with Gasteiger partial charge in [0.15, 0.2) is 11.5 Å². The van der Waals surface area contributed by atoms with Crippen molar-refractivity contribution in [3.63, 3.8) is 0 Å². The highest BCUT2D eigenvalue weighted by Gasteiger charge is 2.26. The van der Waals surface area contributed by atoms with Crippen molar-refractivity contribution in [3.05, 3.63) is 76.8 Å². The molecule has 0 aliphatic rings. The van der Waals surface area contributed by atoms with E-state index in [1.54, 1.807) is 55.5 Å². The number of carbonyl (C=O) groups excluding carboxylic acids is 2. The molecular weight excluding hydrogens is 506 g/mol. The minimum Gasteiger partial charge on any atom is -0.494 e. The van der Waals surface area contributed by atoms with Crippen molar-refractivity contribution in [2.24, 2.45) is 0 Å². The lowest BCUT2D eigenvalue weighted by Crippen LogP contribution is -2.19. The van der Waals surface area contributed by atoms with Crippen molar-refractivity contribution >= 4 is 49.8 Å². The molecule has 4 aromatic rings. The molecule has 0 spiro atoms. The maximum absolute atomic E-state index is 13.3. The van der Waals surface area contributed by atoms with Gasteiger partial charge in [-0.2, -0.15) is 0 Å². The van der Waals surface area contributed by atoms with Crippen molar-refractivity contribution in [2.75, 3.05) is 17.7 Å². The standard InChI is InChI=1S/C25H22ClN3O6S/c1-3-13-36(32,33)25-27-14-18(26)21(29-25)24(31)28-20-17-7-5-6-8-19(17)35-23(20)22(30)15-9-11-16(12-10-15)34-4-2/h5-12,14H,3-4,13H2,1-2H3,(H,28,31). The third-order valence-corrected chi connectivity index (χ3v) is 7.13. The van der Waals surface area contributed by atoms with Crippen molar-refractivity contribution < 1.29 is 27.2 Å². The van der Waals surface area contributed by atoms with Gasteiger partial charge in [-0.15, -0.1) is 0 Å². The van der Waals surface area contributed by atoms with Crippen LogP contribution in [-0.2, 0) is 9.84 Å². The van der Waals surface area contributed by atoms with Crippen LogP contribution in [0.3, 0.4) is 0 Å². The number of fused-ring (bicyclic) bond motifs is 1. The molecule has 0 saturated heterocycles. The maximum atomic E-state index is 13.3. The van der Waals surface area contributed by atoms with Crippen LogP contribution in [0.5, 0.6) is 5.75 Å². The molecule has 2 heterocycles. The smallest absolute Gasteiger partial charge is 0.276 e. The Morgan fingerprint density at radius 2 is 1.81 bits per heavy atom. The average molecular weight is 528 g/mol. The summed E-state index contributed by atoms with van der Waals surface area (Å²) in [5.41, 5.74) is 0.469. The van der Waals surface area contributed by atoms with Gasteiger partial charge < -0.3 is 14.5 Å². The molecule has 0 saturated carbocycles. The first-order chi connectivity index (χ1) is 17.2. The van der Waals surface area contributed by atoms with E-state index in [2.05, 4.69) is 15.3 Å². The number of halogens is 1. The highest BCUT2D eigenvalue weighted by Crippen LogP contribution is 2.33. The SMILES string of the molecule is CCCS(=O)(=O)c1ncc(Cl)c(C(=O)Nc2c(C(=O)c3ccc(OCC)cc3)oc3ccccc23)n1. The van der Waals surface area contributed by atoms with Gasteiger partial charge in [0.2, 0.25) is 20.8 Å². The molecule has 2 aromatic heterocycles. The largest absolute Gasteiger partial charge is 0.494 e. The van der Waals surface area contributed by atoms with Crippen LogP contribution in [0.25, 0.3) is 11.0 Å². The minimum absolute atomic E-state index is 0.0993. The van der Waals surface area contributed by atoms with Crippen LogP contribution in [-0.4, -0.2) is 42.4 Å². The van der Waals surface area contributed by atoms with Gasteiger partial charge in [0.25, 0.3) is 5.91 Å². The number of carbonyl (C=O) groups is 2. The molecule has 9 nitrogen and oxygen atoms in total. The van der Waals surface area contributed by atoms with Crippen LogP contribution in [0.1, 0.15) is 46.9 Å². The van der Waals surface area contributed by atoms with E-state index in [9.17, 15) is 18.0 Å². The lowest BCUT2D eigenvalue weighted by molar-refractivity contribution is 0.101. The van der Waals surface area contributed by atoms with Gasteiger partial charge in [-0.05, 0) is 49.7 Å². The van der Waals surface area contributed by atoms with Gasteiger partial charge in [0.1, 0.15) is 11.3 Å². The number of aromatic nitrogens is 2. The van der Waals surface area contributed by atoms with Gasteiger partial charge in [0, 0.05) is 10.9 Å². The Balaban J connectivity index is 1.73. The van der Waals surface area contributed by atoms with Crippen LogP contribution in [0.2, 0.25) is 5.02 Å². The first-order valence-electron chi connectivity index (χ1n) is 11.1. The molecule has 1 N–H and O–H groups in total. The Morgan fingerprint density at radius 1 is 1.08 bits per heavy atom. The summed E-state index contributed by atoms with van der Waals surface area (Å²) < 4.78 is 36.0. The predicted molar refractivity (Wildman–Crippen MR) is 135 cm³/mol. The van der Waals surface area contributed by atoms with Crippen molar-refractivity contribution in [1.82, 2.24) is 9.97 Å². The lowest BCUT2D eigenvalue weighted by Gasteiger charge is -2.09. The number of rotatable bonds is 9. The van der Waals surface area contributed by atoms with Crippen LogP contribution in [0.15, 0.2) is 64.3 Å². The second kappa shape index (κ2) is 10.5. The molecule has 11 heteroatoms. The fraction of sp³-hybridized carbons (Fsp3) is 0.200. The molecule has 0 atom stereocenters. The highest BCUT2D eigenvalue weighted by atomic mass is 35.5. The van der Waals surface area contributed by atoms with Crippen LogP contribution in [0.4, 0.5) is 5.69 Å². The molecule has 0 radical (unpaired) electrons. The molecule has 2 aromatic carbocycles. The Hall–Kier alpha value is -3.76. The van der Waals surface area contributed by atoms with E-state index in [1.807, 2.05) is 6.92 Å². The van der Waals surface area contributed by atoms with Crippen molar-refractivity contribution in [3.8, 4) is 5.75 Å². The lowest BCUT2D eigenvalue weighted by atomic mass is 10.1. The number of furan rings is 1. The summed E-state index contributed by atoms with van der Waals surface area (Å²) in [5.74, 6) is -0.952. The van der Waals surface area contributed by atoms with Crippen LogP contribution >= 0.6 is 11.6 Å². The van der Waals surface area contributed by atoms with Gasteiger partial charge in [-0.1, -0.05) is 30.7 Å². The topological polar surface area (TPSA) is 128 Å². The monoisotopic (exact) mass is 527 g/mol. The number of benzene rings is 2. The fourth-order valence-corrected chi connectivity index (χ4v) is 4.86. The Bertz CT molecular complexity index is 1550. The number of ether oxygens (including phenoxy) is 1. The van der Waals surface area contributed by atoms with E-state index in [1.165, 1.54) is 0 Å². The number of nitrogens with one attached hydrogen (secondary N) is 1. The third-order valence-electron chi connectivity index (χ3n) is 5.16. The Morgan fingerprint density at radius 3 is 2.50 bits per heavy atom. The molecule has 0 bridgehead atoms. The van der Waals surface area contributed by atoms with Crippen LogP contribution < -0.4 is 10.1 Å². The van der Waals surface area contributed by atoms with Crippen molar-refractivity contribution in [2.45, 2.75) is 25.4 Å². The molecule has 4 rings (SSSR count). The molecular formula is C25H22ClN3O6S. The number of sulfone groups is 1. The fourth-order valence-electron chi connectivity index (χ4n) is 3.52. The number of para-hydroxylation sites is 1. The maximum Gasteiger partial charge on any atom is 0.276 e. The molecule has 0 aliphatic heterocycles. The zero-order valence-electron chi connectivity index (χ0n) is 19.4. The zero-order valence-corrected chi connectivity index (χ0v) is 21.0. The second-order valence-electron chi connectivity index (χ2n) is 7.71. The summed E-state index contributed by atoms with van der Waals surface area (Å²) in [6, 6.07) is 13.3. The highest BCUT2D eigenvalue weighted by molar-refractivity contribution is 7.91. The summed E-state index contributed by atoms with van der Waals surface area (Å²) in [6.45, 7) is 4.04. The van der Waals surface area contributed by atoms with Crippen LogP contribution in [0, 0.1) is 0 Å². The average Bonchev–Trinajstić information content (AvgIpc) is 3.22. The summed E-state index contributed by atoms with van der Waals surface area (Å²) in [7, 11) is -3.79. The van der Waals surface area contributed by atoms with Gasteiger partial charge >= 0.3 is 0 Å². The minimum atomic E-state index is -3.79. The van der Waals surface area contributed by atoms with E-state index in [0.717, 1.165) is 6.20 Å². The summed E-state index contributed by atoms with van der Waals surface area (Å²) in [6.07, 6.45) is 1.42. The first-order valence-corrected chi connectivity index (χ1v) is 13.1. The molecule has 36 heavy (non-hydrogen) atoms. The second-order valence-corrected chi connectivity index (χ2v) is 10.1. The number of nitrogens with zero attached hydrogens (tertiary/aromatic N) is 2. The van der Waals surface area contributed by atoms with Gasteiger partial charge in [-0.25, -0.2) is 18.4 Å². The van der Waals surface area contributed by atoms with Gasteiger partial charge in [-0.3, -0.25) is 9.59 Å². The number of hydrogen-bond acceptors (Lipinski definition) is 8. The Kier molecular flexibility index (Phi) is 7.37.